The van der Waals surface area contributed by atoms with Crippen LogP contribution in [0, 0.1) is 0 Å². The van der Waals surface area contributed by atoms with E-state index in [0.717, 1.165) is 18.6 Å². The van der Waals surface area contributed by atoms with E-state index in [2.05, 4.69) is 44.2 Å². The second kappa shape index (κ2) is 6.25. The van der Waals surface area contributed by atoms with Gasteiger partial charge >= 0.3 is 0 Å². The zero-order chi connectivity index (χ0) is 12.8. The van der Waals surface area contributed by atoms with Crippen molar-refractivity contribution in [2.24, 2.45) is 0 Å². The first kappa shape index (κ1) is 12.7. The second-order valence-corrected chi connectivity index (χ2v) is 4.42. The van der Waals surface area contributed by atoms with Crippen molar-refractivity contribution in [3.8, 4) is 5.75 Å². The molecule has 0 saturated carbocycles. The lowest BCUT2D eigenvalue weighted by Crippen LogP contribution is -1.99. The van der Waals surface area contributed by atoms with E-state index in [-0.39, 0.29) is 0 Å². The first-order valence-electron chi connectivity index (χ1n) is 6.62. The fourth-order valence-electron chi connectivity index (χ4n) is 1.98. The van der Waals surface area contributed by atoms with E-state index >= 15 is 0 Å². The average Bonchev–Trinajstić information content (AvgIpc) is 2.45. The number of hydrogen-bond donors (Lipinski definition) is 0. The van der Waals surface area contributed by atoms with Crippen molar-refractivity contribution in [2.45, 2.75) is 33.3 Å². The Kier molecular flexibility index (Phi) is 4.40. The van der Waals surface area contributed by atoms with Crippen LogP contribution in [0.4, 0.5) is 0 Å². The fourth-order valence-corrected chi connectivity index (χ4v) is 1.98. The topological polar surface area (TPSA) is 9.23 Å². The monoisotopic (exact) mass is 240 g/mol. The van der Waals surface area contributed by atoms with E-state index < -0.39 is 0 Å². The van der Waals surface area contributed by atoms with Crippen LogP contribution in [0.5, 0.6) is 5.75 Å². The van der Waals surface area contributed by atoms with E-state index in [1.54, 1.807) is 0 Å². The molecule has 0 bridgehead atoms. The van der Waals surface area contributed by atoms with Gasteiger partial charge in [0.25, 0.3) is 0 Å². The molecule has 0 heterocycles. The minimum absolute atomic E-state index is 0.640. The first-order chi connectivity index (χ1) is 8.83. The van der Waals surface area contributed by atoms with Gasteiger partial charge in [0.2, 0.25) is 0 Å². The molecule has 2 aromatic carbocycles. The van der Waals surface area contributed by atoms with Gasteiger partial charge in [0, 0.05) is 0 Å². The van der Waals surface area contributed by atoms with Crippen LogP contribution < -0.4 is 4.74 Å². The molecule has 18 heavy (non-hydrogen) atoms. The van der Waals surface area contributed by atoms with Gasteiger partial charge in [-0.05, 0) is 35.6 Å². The molecule has 0 spiro atoms. The van der Waals surface area contributed by atoms with E-state index in [0.29, 0.717) is 6.61 Å². The molecule has 0 aliphatic carbocycles. The van der Waals surface area contributed by atoms with Crippen molar-refractivity contribution >= 4 is 0 Å². The average molecular weight is 240 g/mol. The molecule has 0 amide bonds. The largest absolute Gasteiger partial charge is 0.489 e. The zero-order valence-corrected chi connectivity index (χ0v) is 11.1. The summed E-state index contributed by atoms with van der Waals surface area (Å²) < 4.78 is 5.96. The maximum Gasteiger partial charge on any atom is 0.123 e. The first-order valence-corrected chi connectivity index (χ1v) is 6.62. The summed E-state index contributed by atoms with van der Waals surface area (Å²) >= 11 is 0. The summed E-state index contributed by atoms with van der Waals surface area (Å²) in [5.41, 5.74) is 3.82. The van der Waals surface area contributed by atoms with Crippen LogP contribution in [0.2, 0.25) is 0 Å². The third kappa shape index (κ3) is 3.13. The molecule has 2 aromatic rings. The molecular formula is C17H20O. The molecule has 0 atom stereocenters. The third-order valence-corrected chi connectivity index (χ3v) is 3.16. The lowest BCUT2D eigenvalue weighted by molar-refractivity contribution is 0.303. The van der Waals surface area contributed by atoms with Gasteiger partial charge in [0.05, 0.1) is 0 Å². The number of aryl methyl sites for hydroxylation is 2. The highest BCUT2D eigenvalue weighted by atomic mass is 16.5. The van der Waals surface area contributed by atoms with Crippen molar-refractivity contribution in [3.05, 3.63) is 65.2 Å². The summed E-state index contributed by atoms with van der Waals surface area (Å²) in [7, 11) is 0. The Morgan fingerprint density at radius 2 is 1.61 bits per heavy atom. The molecule has 2 rings (SSSR count). The van der Waals surface area contributed by atoms with E-state index in [1.165, 1.54) is 16.7 Å². The standard InChI is InChI=1S/C17H20O/c1-3-14-10-11-16(4-2)17(12-14)18-13-15-8-6-5-7-9-15/h5-12H,3-4,13H2,1-2H3. The lowest BCUT2D eigenvalue weighted by atomic mass is 10.1. The summed E-state index contributed by atoms with van der Waals surface area (Å²) in [5.74, 6) is 1.03. The van der Waals surface area contributed by atoms with Crippen LogP contribution >= 0.6 is 0 Å². The van der Waals surface area contributed by atoms with Gasteiger partial charge in [0.15, 0.2) is 0 Å². The van der Waals surface area contributed by atoms with Crippen LogP contribution in [0.1, 0.15) is 30.5 Å². The quantitative estimate of drug-likeness (QED) is 0.753. The highest BCUT2D eigenvalue weighted by Gasteiger charge is 2.03. The number of rotatable bonds is 5. The van der Waals surface area contributed by atoms with Gasteiger partial charge in [-0.2, -0.15) is 0 Å². The summed E-state index contributed by atoms with van der Waals surface area (Å²) in [6.45, 7) is 4.97. The SMILES string of the molecule is CCc1ccc(CC)c(OCc2ccccc2)c1. The molecule has 0 fully saturated rings. The van der Waals surface area contributed by atoms with Crippen LogP contribution in [0.15, 0.2) is 48.5 Å². The number of ether oxygens (including phenoxy) is 1. The van der Waals surface area contributed by atoms with Crippen molar-refractivity contribution in [1.82, 2.24) is 0 Å². The summed E-state index contributed by atoms with van der Waals surface area (Å²) in [6, 6.07) is 16.8. The predicted molar refractivity (Wildman–Crippen MR) is 76.0 cm³/mol. The molecule has 0 unspecified atom stereocenters. The van der Waals surface area contributed by atoms with Gasteiger partial charge in [-0.15, -0.1) is 0 Å². The molecule has 0 aliphatic rings. The molecule has 0 radical (unpaired) electrons. The smallest absolute Gasteiger partial charge is 0.123 e. The van der Waals surface area contributed by atoms with Gasteiger partial charge in [-0.25, -0.2) is 0 Å². The van der Waals surface area contributed by atoms with E-state index in [1.807, 2.05) is 18.2 Å². The Bertz CT molecular complexity index is 488. The van der Waals surface area contributed by atoms with Crippen molar-refractivity contribution in [3.63, 3.8) is 0 Å². The van der Waals surface area contributed by atoms with Crippen LogP contribution in [-0.4, -0.2) is 0 Å². The maximum atomic E-state index is 5.96. The van der Waals surface area contributed by atoms with Crippen LogP contribution in [-0.2, 0) is 19.4 Å². The highest BCUT2D eigenvalue weighted by molar-refractivity contribution is 5.37. The minimum atomic E-state index is 0.640. The Balaban J connectivity index is 2.12. The number of benzene rings is 2. The second-order valence-electron chi connectivity index (χ2n) is 4.42. The Hall–Kier alpha value is -1.76. The summed E-state index contributed by atoms with van der Waals surface area (Å²) in [5, 5.41) is 0. The van der Waals surface area contributed by atoms with Gasteiger partial charge < -0.3 is 4.74 Å². The van der Waals surface area contributed by atoms with Crippen LogP contribution in [0.3, 0.4) is 0 Å². The zero-order valence-electron chi connectivity index (χ0n) is 11.1. The maximum absolute atomic E-state index is 5.96. The van der Waals surface area contributed by atoms with E-state index in [4.69, 9.17) is 4.74 Å². The molecule has 0 aliphatic heterocycles. The third-order valence-electron chi connectivity index (χ3n) is 3.16. The molecular weight excluding hydrogens is 220 g/mol. The Labute approximate surface area is 109 Å². The van der Waals surface area contributed by atoms with Gasteiger partial charge in [-0.1, -0.05) is 56.3 Å². The van der Waals surface area contributed by atoms with Crippen molar-refractivity contribution in [1.29, 1.82) is 0 Å². The van der Waals surface area contributed by atoms with Gasteiger partial charge in [0.1, 0.15) is 12.4 Å². The molecule has 1 nitrogen and oxygen atoms in total. The molecule has 0 N–H and O–H groups in total. The highest BCUT2D eigenvalue weighted by Crippen LogP contribution is 2.22. The summed E-state index contributed by atoms with van der Waals surface area (Å²) in [6.07, 6.45) is 2.06. The molecule has 94 valence electrons. The molecule has 0 saturated heterocycles. The van der Waals surface area contributed by atoms with Gasteiger partial charge in [-0.3, -0.25) is 0 Å². The normalized spacial score (nSPS) is 10.3. The molecule has 1 heteroatoms. The molecule has 0 aromatic heterocycles. The lowest BCUT2D eigenvalue weighted by Gasteiger charge is -2.12. The Morgan fingerprint density at radius 1 is 0.833 bits per heavy atom. The van der Waals surface area contributed by atoms with Crippen LogP contribution in [0.25, 0.3) is 0 Å². The van der Waals surface area contributed by atoms with Crippen molar-refractivity contribution in [2.75, 3.05) is 0 Å². The predicted octanol–water partition coefficient (Wildman–Crippen LogP) is 4.39. The number of hydrogen-bond acceptors (Lipinski definition) is 1. The summed E-state index contributed by atoms with van der Waals surface area (Å²) in [4.78, 5) is 0. The van der Waals surface area contributed by atoms with E-state index in [9.17, 15) is 0 Å². The fraction of sp³-hybridized carbons (Fsp3) is 0.294. The van der Waals surface area contributed by atoms with Crippen molar-refractivity contribution < 1.29 is 4.74 Å². The Morgan fingerprint density at radius 3 is 2.28 bits per heavy atom. The minimum Gasteiger partial charge on any atom is -0.489 e.